The number of hydrogen-bond acceptors (Lipinski definition) is 4. The average molecular weight is 536 g/mol. The van der Waals surface area contributed by atoms with E-state index in [1.165, 1.54) is 0 Å². The average Bonchev–Trinajstić information content (AvgIpc) is 2.92. The molecule has 196 valence electrons. The van der Waals surface area contributed by atoms with Gasteiger partial charge < -0.3 is 20.4 Å². The van der Waals surface area contributed by atoms with Gasteiger partial charge in [0.15, 0.2) is 17.1 Å². The molecule has 3 rings (SSSR count). The summed E-state index contributed by atoms with van der Waals surface area (Å²) >= 11 is 0. The Labute approximate surface area is 223 Å². The first kappa shape index (κ1) is 36.8. The van der Waals surface area contributed by atoms with Gasteiger partial charge in [-0.05, 0) is 27.7 Å². The molecule has 3 aromatic rings. The van der Waals surface area contributed by atoms with E-state index in [-0.39, 0.29) is 42.8 Å². The summed E-state index contributed by atoms with van der Waals surface area (Å²) in [4.78, 5) is 43.8. The molecular weight excluding hydrogens is 510 g/mol. The Balaban J connectivity index is -0.000000807. The van der Waals surface area contributed by atoms with Gasteiger partial charge in [-0.2, -0.15) is 0 Å². The monoisotopic (exact) mass is 535 g/mol. The Morgan fingerprint density at radius 1 is 0.474 bits per heavy atom. The second-order valence-corrected chi connectivity index (χ2v) is 5.96. The third kappa shape index (κ3) is 14.5. The topological polar surface area (TPSA) is 162 Å². The van der Waals surface area contributed by atoms with Crippen molar-refractivity contribution >= 4 is 53.9 Å². The van der Waals surface area contributed by atoms with E-state index in [0.717, 1.165) is 16.7 Å². The molecule has 0 bridgehead atoms. The van der Waals surface area contributed by atoms with E-state index in [9.17, 15) is 0 Å². The van der Waals surface area contributed by atoms with Crippen molar-refractivity contribution in [1.29, 1.82) is 0 Å². The lowest BCUT2D eigenvalue weighted by Crippen LogP contribution is -2.02. The first-order valence-corrected chi connectivity index (χ1v) is 9.65. The van der Waals surface area contributed by atoms with Crippen LogP contribution in [0.5, 0.6) is 0 Å². The second-order valence-electron chi connectivity index (χ2n) is 5.96. The number of rotatable bonds is 3. The van der Waals surface area contributed by atoms with E-state index in [0.29, 0.717) is 17.1 Å². The lowest BCUT2D eigenvalue weighted by molar-refractivity contribution is -0.123. The van der Waals surface area contributed by atoms with Crippen LogP contribution in [0.25, 0.3) is 14.5 Å². The maximum absolute atomic E-state index is 8.36. The molecule has 0 aliphatic carbocycles. The summed E-state index contributed by atoms with van der Waals surface area (Å²) in [6, 6.07) is 22.7. The van der Waals surface area contributed by atoms with Crippen molar-refractivity contribution in [3.05, 3.63) is 124 Å². The van der Waals surface area contributed by atoms with E-state index < -0.39 is 0 Å². The molecular formula is C26H25N3O8Si. The van der Waals surface area contributed by atoms with Crippen molar-refractivity contribution in [1.82, 2.24) is 0 Å². The van der Waals surface area contributed by atoms with Gasteiger partial charge in [-0.1, -0.05) is 72.8 Å². The molecule has 0 heterocycles. The van der Waals surface area contributed by atoms with Crippen LogP contribution in [0.2, 0.25) is 0 Å². The highest BCUT2D eigenvalue weighted by atomic mass is 28.1. The van der Waals surface area contributed by atoms with Crippen LogP contribution in [0, 0.1) is 19.7 Å². The van der Waals surface area contributed by atoms with Gasteiger partial charge in [-0.15, -0.1) is 0 Å². The zero-order valence-corrected chi connectivity index (χ0v) is 19.1. The highest BCUT2D eigenvalue weighted by molar-refractivity contribution is 5.75. The van der Waals surface area contributed by atoms with Gasteiger partial charge >= 0.3 is 0 Å². The zero-order valence-electron chi connectivity index (χ0n) is 19.1. The lowest BCUT2D eigenvalue weighted by atomic mass is 9.85. The van der Waals surface area contributed by atoms with Gasteiger partial charge in [0.25, 0.3) is 25.9 Å². The Bertz CT molecular complexity index is 1050. The third-order valence-electron chi connectivity index (χ3n) is 4.07. The number of hydrogen-bond donors (Lipinski definition) is 4. The molecule has 0 fully saturated rings. The SMILES string of the molecule is O=CO.O=CO.O=CO.O=CO.[C-]#[N+]c1ccc(C(c2ccc([N+]#[C-])cc2)c2ccc([N+]#[C-])cc2)cc1.[SiH4]. The molecule has 0 unspecified atom stereocenters. The third-order valence-corrected chi connectivity index (χ3v) is 4.07. The predicted octanol–water partition coefficient (Wildman–Crippen LogP) is 3.87. The zero-order chi connectivity index (χ0) is 28.5. The minimum atomic E-state index is -0.250. The minimum Gasteiger partial charge on any atom is -0.483 e. The first-order valence-electron chi connectivity index (χ1n) is 9.65. The molecule has 0 saturated heterocycles. The standard InChI is InChI=1S/C22H13N3.4CH2O2.H4Si/c1-23-19-10-4-16(5-11-19)22(17-6-12-20(24-2)13-7-17)18-8-14-21(25-3)15-9-18;4*2-1-3;/h4-15,22H;4*1H,(H,2,3);1H4. The van der Waals surface area contributed by atoms with Crippen molar-refractivity contribution in [3.63, 3.8) is 0 Å². The second kappa shape index (κ2) is 24.4. The normalized spacial score (nSPS) is 7.74. The molecule has 0 saturated carbocycles. The minimum absolute atomic E-state index is 0. The van der Waals surface area contributed by atoms with Crippen molar-refractivity contribution in [2.45, 2.75) is 5.92 Å². The lowest BCUT2D eigenvalue weighted by Gasteiger charge is -2.19. The smallest absolute Gasteiger partial charge is 0.290 e. The first-order chi connectivity index (χ1) is 17.9. The van der Waals surface area contributed by atoms with E-state index in [1.54, 1.807) is 0 Å². The van der Waals surface area contributed by atoms with Crippen LogP contribution >= 0.6 is 0 Å². The van der Waals surface area contributed by atoms with Gasteiger partial charge in [-0.3, -0.25) is 19.2 Å². The Morgan fingerprint density at radius 3 is 0.763 bits per heavy atom. The summed E-state index contributed by atoms with van der Waals surface area (Å²) in [6.07, 6.45) is 0. The Hall–Kier alpha value is -5.77. The molecule has 0 spiro atoms. The molecule has 11 nitrogen and oxygen atoms in total. The molecule has 0 amide bonds. The van der Waals surface area contributed by atoms with Crippen LogP contribution < -0.4 is 0 Å². The highest BCUT2D eigenvalue weighted by Gasteiger charge is 2.16. The van der Waals surface area contributed by atoms with E-state index in [2.05, 4.69) is 14.5 Å². The molecule has 4 N–H and O–H groups in total. The Kier molecular flexibility index (Phi) is 23.6. The van der Waals surface area contributed by atoms with Crippen LogP contribution in [0.3, 0.4) is 0 Å². The van der Waals surface area contributed by atoms with Crippen molar-refractivity contribution < 1.29 is 39.6 Å². The molecule has 0 aliphatic rings. The number of carbonyl (C=O) groups is 4. The summed E-state index contributed by atoms with van der Waals surface area (Å²) in [6.45, 7) is 20.3. The number of carboxylic acid groups (broad SMARTS) is 4. The van der Waals surface area contributed by atoms with Gasteiger partial charge in [0.2, 0.25) is 0 Å². The summed E-state index contributed by atoms with van der Waals surface area (Å²) in [5, 5.41) is 27.6. The Morgan fingerprint density at radius 2 is 0.632 bits per heavy atom. The van der Waals surface area contributed by atoms with Crippen molar-refractivity contribution in [3.8, 4) is 0 Å². The predicted molar refractivity (Wildman–Crippen MR) is 145 cm³/mol. The molecule has 12 heteroatoms. The van der Waals surface area contributed by atoms with Gasteiger partial charge in [0.1, 0.15) is 0 Å². The van der Waals surface area contributed by atoms with E-state index >= 15 is 0 Å². The van der Waals surface area contributed by atoms with Crippen LogP contribution in [-0.2, 0) is 19.2 Å². The fourth-order valence-electron chi connectivity index (χ4n) is 2.80. The molecule has 38 heavy (non-hydrogen) atoms. The van der Waals surface area contributed by atoms with E-state index in [1.807, 2.05) is 72.8 Å². The summed E-state index contributed by atoms with van der Waals surface area (Å²) in [5.74, 6) is -0.0145. The number of nitrogens with zero attached hydrogens (tertiary/aromatic N) is 3. The quantitative estimate of drug-likeness (QED) is 0.170. The fraction of sp³-hybridized carbons (Fsp3) is 0.0385. The van der Waals surface area contributed by atoms with Crippen LogP contribution in [0.15, 0.2) is 72.8 Å². The van der Waals surface area contributed by atoms with Crippen molar-refractivity contribution in [2.75, 3.05) is 0 Å². The van der Waals surface area contributed by atoms with Crippen molar-refractivity contribution in [2.24, 2.45) is 0 Å². The molecule has 3 aromatic carbocycles. The maximum atomic E-state index is 8.36. The highest BCUT2D eigenvalue weighted by Crippen LogP contribution is 2.34. The molecule has 0 radical (unpaired) electrons. The molecule has 0 atom stereocenters. The van der Waals surface area contributed by atoms with Crippen LogP contribution in [-0.4, -0.2) is 57.3 Å². The van der Waals surface area contributed by atoms with Gasteiger partial charge in [0, 0.05) is 5.92 Å². The van der Waals surface area contributed by atoms with Gasteiger partial charge in [0.05, 0.1) is 19.7 Å². The van der Waals surface area contributed by atoms with Gasteiger partial charge in [-0.25, -0.2) is 14.5 Å². The largest absolute Gasteiger partial charge is 0.483 e. The summed E-state index contributed by atoms with van der Waals surface area (Å²) in [7, 11) is 0. The van der Waals surface area contributed by atoms with Crippen LogP contribution in [0.4, 0.5) is 17.1 Å². The summed E-state index contributed by atoms with van der Waals surface area (Å²) < 4.78 is 0. The maximum Gasteiger partial charge on any atom is 0.290 e. The number of benzene rings is 3. The van der Waals surface area contributed by atoms with Crippen LogP contribution in [0.1, 0.15) is 22.6 Å². The van der Waals surface area contributed by atoms with E-state index in [4.69, 9.17) is 59.3 Å². The fourth-order valence-corrected chi connectivity index (χ4v) is 2.80. The summed E-state index contributed by atoms with van der Waals surface area (Å²) in [5.41, 5.74) is 5.02. The molecule has 0 aliphatic heterocycles. The molecule has 0 aromatic heterocycles.